The van der Waals surface area contributed by atoms with Gasteiger partial charge in [-0.1, -0.05) is 81.4 Å². The van der Waals surface area contributed by atoms with Crippen molar-refractivity contribution in [3.63, 3.8) is 0 Å². The normalized spacial score (nSPS) is 21.2. The van der Waals surface area contributed by atoms with Gasteiger partial charge in [0.25, 0.3) is 8.32 Å². The maximum Gasteiger partial charge on any atom is 0.261 e. The summed E-state index contributed by atoms with van der Waals surface area (Å²) in [5, 5.41) is 2.60. The predicted molar refractivity (Wildman–Crippen MR) is 114 cm³/mol. The largest absolute Gasteiger partial charge is 0.405 e. The van der Waals surface area contributed by atoms with E-state index in [9.17, 15) is 0 Å². The Kier molecular flexibility index (Phi) is 6.50. The van der Waals surface area contributed by atoms with Crippen molar-refractivity contribution in [2.24, 2.45) is 5.84 Å². The summed E-state index contributed by atoms with van der Waals surface area (Å²) in [6.07, 6.45) is 2.11. The van der Waals surface area contributed by atoms with Crippen LogP contribution in [-0.2, 0) is 9.16 Å². The molecule has 4 nitrogen and oxygen atoms in total. The number of hydrazine groups is 1. The molecule has 0 bridgehead atoms. The molecule has 0 aromatic heterocycles. The SMILES string of the molecule is CC(C)(C)[Si](OCC1CCC(NN)CO1)(c1ccccc1)c1ccccc1. The van der Waals surface area contributed by atoms with Gasteiger partial charge in [0, 0.05) is 6.04 Å². The molecule has 0 amide bonds. The summed E-state index contributed by atoms with van der Waals surface area (Å²) < 4.78 is 13.0. The molecule has 1 fully saturated rings. The Morgan fingerprint density at radius 1 is 1.00 bits per heavy atom. The van der Waals surface area contributed by atoms with Crippen LogP contribution in [0.15, 0.2) is 60.7 Å². The summed E-state index contributed by atoms with van der Waals surface area (Å²) >= 11 is 0. The van der Waals surface area contributed by atoms with E-state index in [0.717, 1.165) is 12.8 Å². The van der Waals surface area contributed by atoms with Crippen LogP contribution in [0.1, 0.15) is 33.6 Å². The molecule has 1 heterocycles. The van der Waals surface area contributed by atoms with Gasteiger partial charge in [0.15, 0.2) is 0 Å². The van der Waals surface area contributed by atoms with Gasteiger partial charge in [0.1, 0.15) is 0 Å². The van der Waals surface area contributed by atoms with Crippen molar-refractivity contribution in [3.05, 3.63) is 60.7 Å². The van der Waals surface area contributed by atoms with E-state index in [1.807, 2.05) is 0 Å². The smallest absolute Gasteiger partial charge is 0.261 e. The Balaban J connectivity index is 1.92. The first-order valence-electron chi connectivity index (χ1n) is 9.80. The topological polar surface area (TPSA) is 56.5 Å². The molecule has 2 aromatic rings. The third-order valence-corrected chi connectivity index (χ3v) is 10.5. The lowest BCUT2D eigenvalue weighted by Crippen LogP contribution is -2.67. The number of ether oxygens (including phenoxy) is 1. The summed E-state index contributed by atoms with van der Waals surface area (Å²) in [5.74, 6) is 5.55. The third kappa shape index (κ3) is 4.33. The van der Waals surface area contributed by atoms with E-state index in [-0.39, 0.29) is 17.2 Å². The number of nitrogens with two attached hydrogens (primary N) is 1. The minimum Gasteiger partial charge on any atom is -0.405 e. The van der Waals surface area contributed by atoms with Crippen molar-refractivity contribution >= 4 is 18.7 Å². The van der Waals surface area contributed by atoms with Crippen LogP contribution in [0.25, 0.3) is 0 Å². The Hall–Kier alpha value is -1.50. The quantitative estimate of drug-likeness (QED) is 0.457. The highest BCUT2D eigenvalue weighted by Gasteiger charge is 2.50. The zero-order valence-electron chi connectivity index (χ0n) is 16.7. The van der Waals surface area contributed by atoms with Gasteiger partial charge in [0.05, 0.1) is 19.3 Å². The minimum absolute atomic E-state index is 0.00821. The lowest BCUT2D eigenvalue weighted by Gasteiger charge is -2.44. The molecular weight excluding hydrogens is 352 g/mol. The standard InChI is InChI=1S/C22H32N2O2Si/c1-22(2,3)27(20-10-6-4-7-11-20,21-12-8-5-9-13-21)26-17-19-15-14-18(24-23)16-25-19/h4-13,18-19,24H,14-17,23H2,1-3H3. The molecule has 1 aliphatic heterocycles. The Morgan fingerprint density at radius 2 is 1.56 bits per heavy atom. The average molecular weight is 385 g/mol. The molecule has 0 radical (unpaired) electrons. The molecule has 3 N–H and O–H groups in total. The molecule has 27 heavy (non-hydrogen) atoms. The highest BCUT2D eigenvalue weighted by molar-refractivity contribution is 6.99. The van der Waals surface area contributed by atoms with Crippen LogP contribution < -0.4 is 21.6 Å². The fraction of sp³-hybridized carbons (Fsp3) is 0.455. The fourth-order valence-corrected chi connectivity index (χ4v) is 8.64. The van der Waals surface area contributed by atoms with E-state index in [0.29, 0.717) is 13.2 Å². The van der Waals surface area contributed by atoms with Crippen molar-refractivity contribution in [1.82, 2.24) is 5.43 Å². The fourth-order valence-electron chi connectivity index (χ4n) is 4.05. The van der Waals surface area contributed by atoms with Gasteiger partial charge in [-0.2, -0.15) is 0 Å². The summed E-state index contributed by atoms with van der Waals surface area (Å²) in [6, 6.07) is 21.7. The number of hydrogen-bond acceptors (Lipinski definition) is 4. The molecular formula is C22H32N2O2Si. The molecule has 2 atom stereocenters. The van der Waals surface area contributed by atoms with Gasteiger partial charge in [0.2, 0.25) is 0 Å². The summed E-state index contributed by atoms with van der Waals surface area (Å²) in [6.45, 7) is 8.16. The van der Waals surface area contributed by atoms with E-state index in [1.54, 1.807) is 0 Å². The molecule has 1 aliphatic rings. The molecule has 146 valence electrons. The number of hydrogen-bond donors (Lipinski definition) is 2. The van der Waals surface area contributed by atoms with Gasteiger partial charge >= 0.3 is 0 Å². The molecule has 0 aliphatic carbocycles. The summed E-state index contributed by atoms with van der Waals surface area (Å²) in [7, 11) is -2.48. The van der Waals surface area contributed by atoms with E-state index in [2.05, 4.69) is 86.9 Å². The van der Waals surface area contributed by atoms with Gasteiger partial charge in [-0.05, 0) is 28.3 Å². The van der Waals surface area contributed by atoms with Crippen molar-refractivity contribution in [3.8, 4) is 0 Å². The van der Waals surface area contributed by atoms with Crippen molar-refractivity contribution < 1.29 is 9.16 Å². The average Bonchev–Trinajstić information content (AvgIpc) is 2.69. The molecule has 3 rings (SSSR count). The molecule has 0 spiro atoms. The van der Waals surface area contributed by atoms with Gasteiger partial charge in [-0.25, -0.2) is 0 Å². The second-order valence-corrected chi connectivity index (χ2v) is 12.7. The monoisotopic (exact) mass is 384 g/mol. The second-order valence-electron chi connectivity index (χ2n) is 8.37. The lowest BCUT2D eigenvalue weighted by molar-refractivity contribution is -0.0280. The van der Waals surface area contributed by atoms with Crippen LogP contribution in [0.4, 0.5) is 0 Å². The zero-order valence-corrected chi connectivity index (χ0v) is 17.7. The molecule has 2 aromatic carbocycles. The predicted octanol–water partition coefficient (Wildman–Crippen LogP) is 2.57. The Morgan fingerprint density at radius 3 is 1.96 bits per heavy atom. The van der Waals surface area contributed by atoms with Crippen molar-refractivity contribution in [2.75, 3.05) is 13.2 Å². The van der Waals surface area contributed by atoms with Crippen LogP contribution in [0.2, 0.25) is 5.04 Å². The maximum atomic E-state index is 6.94. The number of rotatable bonds is 6. The van der Waals surface area contributed by atoms with Gasteiger partial charge in [-0.3, -0.25) is 11.3 Å². The molecule has 5 heteroatoms. The zero-order chi connectivity index (χ0) is 19.3. The van der Waals surface area contributed by atoms with E-state index < -0.39 is 8.32 Å². The van der Waals surface area contributed by atoms with Gasteiger partial charge in [-0.15, -0.1) is 0 Å². The minimum atomic E-state index is -2.48. The first-order valence-corrected chi connectivity index (χ1v) is 11.7. The maximum absolute atomic E-state index is 6.94. The first-order chi connectivity index (χ1) is 13.0. The highest BCUT2D eigenvalue weighted by Crippen LogP contribution is 2.37. The van der Waals surface area contributed by atoms with Crippen molar-refractivity contribution in [1.29, 1.82) is 0 Å². The second kappa shape index (κ2) is 8.67. The van der Waals surface area contributed by atoms with Crippen LogP contribution in [0.5, 0.6) is 0 Å². The number of nitrogens with one attached hydrogen (secondary N) is 1. The van der Waals surface area contributed by atoms with E-state index in [1.165, 1.54) is 10.4 Å². The molecule has 2 unspecified atom stereocenters. The van der Waals surface area contributed by atoms with Crippen LogP contribution in [0.3, 0.4) is 0 Å². The van der Waals surface area contributed by atoms with Crippen LogP contribution in [0, 0.1) is 0 Å². The Bertz CT molecular complexity index is 656. The van der Waals surface area contributed by atoms with Crippen LogP contribution >= 0.6 is 0 Å². The molecule has 1 saturated heterocycles. The third-order valence-electron chi connectivity index (χ3n) is 5.51. The highest BCUT2D eigenvalue weighted by atomic mass is 28.4. The molecule has 0 saturated carbocycles. The summed E-state index contributed by atoms with van der Waals surface area (Å²) in [4.78, 5) is 0. The number of benzene rings is 2. The summed E-state index contributed by atoms with van der Waals surface area (Å²) in [5.41, 5.74) is 2.82. The Labute approximate surface area is 164 Å². The first kappa shape index (κ1) is 20.2. The van der Waals surface area contributed by atoms with E-state index >= 15 is 0 Å². The van der Waals surface area contributed by atoms with Crippen molar-refractivity contribution in [2.45, 2.75) is 50.8 Å². The van der Waals surface area contributed by atoms with E-state index in [4.69, 9.17) is 15.0 Å². The van der Waals surface area contributed by atoms with Gasteiger partial charge < -0.3 is 9.16 Å². The van der Waals surface area contributed by atoms with Crippen LogP contribution in [-0.4, -0.2) is 33.7 Å². The lowest BCUT2D eigenvalue weighted by atomic mass is 10.1.